The molecule has 106 valence electrons. The summed E-state index contributed by atoms with van der Waals surface area (Å²) in [6.07, 6.45) is 0. The van der Waals surface area contributed by atoms with Gasteiger partial charge in [0.25, 0.3) is 0 Å². The van der Waals surface area contributed by atoms with E-state index >= 15 is 0 Å². The minimum atomic E-state index is -0.586. The van der Waals surface area contributed by atoms with E-state index in [1.165, 1.54) is 0 Å². The Balaban J connectivity index is 2.31. The van der Waals surface area contributed by atoms with Crippen LogP contribution < -0.4 is 10.1 Å². The highest BCUT2D eigenvalue weighted by atomic mass is 19.1. The van der Waals surface area contributed by atoms with Crippen molar-refractivity contribution < 1.29 is 13.5 Å². The highest BCUT2D eigenvalue weighted by molar-refractivity contribution is 5.40. The molecule has 0 saturated heterocycles. The van der Waals surface area contributed by atoms with Crippen LogP contribution in [0.25, 0.3) is 0 Å². The van der Waals surface area contributed by atoms with E-state index in [1.807, 2.05) is 26.0 Å². The van der Waals surface area contributed by atoms with Crippen LogP contribution in [0.2, 0.25) is 0 Å². The van der Waals surface area contributed by atoms with Crippen LogP contribution in [0.4, 0.5) is 8.78 Å². The molecule has 0 bridgehead atoms. The fourth-order valence-electron chi connectivity index (χ4n) is 2.02. The number of hydrogen-bond acceptors (Lipinski definition) is 2. The summed E-state index contributed by atoms with van der Waals surface area (Å²) >= 11 is 0. The van der Waals surface area contributed by atoms with Gasteiger partial charge in [-0.1, -0.05) is 25.1 Å². The van der Waals surface area contributed by atoms with Gasteiger partial charge in [-0.2, -0.15) is 0 Å². The van der Waals surface area contributed by atoms with Crippen molar-refractivity contribution in [3.8, 4) is 11.5 Å². The summed E-state index contributed by atoms with van der Waals surface area (Å²) in [5, 5.41) is 3.27. The van der Waals surface area contributed by atoms with E-state index < -0.39 is 11.6 Å². The minimum Gasteiger partial charge on any atom is -0.454 e. The number of hydrogen-bond donors (Lipinski definition) is 1. The summed E-state index contributed by atoms with van der Waals surface area (Å²) in [5.41, 5.74) is 0.901. The summed E-state index contributed by atoms with van der Waals surface area (Å²) in [7, 11) is 0. The second-order valence-corrected chi connectivity index (χ2v) is 4.49. The molecule has 0 fully saturated rings. The van der Waals surface area contributed by atoms with Crippen molar-refractivity contribution in [3.63, 3.8) is 0 Å². The van der Waals surface area contributed by atoms with Crippen molar-refractivity contribution in [1.29, 1.82) is 0 Å². The highest BCUT2D eigenvalue weighted by Crippen LogP contribution is 2.31. The van der Waals surface area contributed by atoms with Crippen molar-refractivity contribution in [2.45, 2.75) is 19.9 Å². The van der Waals surface area contributed by atoms with E-state index in [0.29, 0.717) is 5.75 Å². The molecule has 0 radical (unpaired) electrons. The SMILES string of the molecule is CCNC(C)c1ccccc1Oc1cc(F)ccc1F. The molecule has 2 nitrogen and oxygen atoms in total. The molecule has 2 aromatic carbocycles. The summed E-state index contributed by atoms with van der Waals surface area (Å²) < 4.78 is 32.3. The minimum absolute atomic E-state index is 0.0628. The number of para-hydroxylation sites is 1. The summed E-state index contributed by atoms with van der Waals surface area (Å²) in [4.78, 5) is 0. The van der Waals surface area contributed by atoms with Crippen LogP contribution in [0.3, 0.4) is 0 Å². The predicted molar refractivity (Wildman–Crippen MR) is 75.0 cm³/mol. The average Bonchev–Trinajstić information content (AvgIpc) is 2.44. The van der Waals surface area contributed by atoms with E-state index in [-0.39, 0.29) is 11.8 Å². The number of nitrogens with one attached hydrogen (secondary N) is 1. The van der Waals surface area contributed by atoms with Gasteiger partial charge in [0.05, 0.1) is 0 Å². The maximum atomic E-state index is 13.6. The van der Waals surface area contributed by atoms with E-state index in [1.54, 1.807) is 12.1 Å². The van der Waals surface area contributed by atoms with E-state index in [9.17, 15) is 8.78 Å². The lowest BCUT2D eigenvalue weighted by Crippen LogP contribution is -2.18. The molecular formula is C16H17F2NO. The molecule has 2 aromatic rings. The maximum absolute atomic E-state index is 13.6. The molecule has 0 aliphatic heterocycles. The molecule has 1 N–H and O–H groups in total. The van der Waals surface area contributed by atoms with Gasteiger partial charge in [-0.05, 0) is 31.7 Å². The van der Waals surface area contributed by atoms with Crippen molar-refractivity contribution >= 4 is 0 Å². The van der Waals surface area contributed by atoms with Gasteiger partial charge in [0.15, 0.2) is 11.6 Å². The standard InChI is InChI=1S/C16H17F2NO/c1-3-19-11(2)13-6-4-5-7-15(13)20-16-10-12(17)8-9-14(16)18/h4-11,19H,3H2,1-2H3. The first-order valence-corrected chi connectivity index (χ1v) is 6.57. The normalized spacial score (nSPS) is 12.2. The lowest BCUT2D eigenvalue weighted by atomic mass is 10.1. The lowest BCUT2D eigenvalue weighted by molar-refractivity contribution is 0.425. The zero-order valence-corrected chi connectivity index (χ0v) is 11.5. The Morgan fingerprint density at radius 3 is 2.60 bits per heavy atom. The Kier molecular flexibility index (Phi) is 4.69. The van der Waals surface area contributed by atoms with Crippen LogP contribution in [0.15, 0.2) is 42.5 Å². The smallest absolute Gasteiger partial charge is 0.165 e. The maximum Gasteiger partial charge on any atom is 0.165 e. The summed E-state index contributed by atoms with van der Waals surface area (Å²) in [6, 6.07) is 10.6. The quantitative estimate of drug-likeness (QED) is 0.873. The predicted octanol–water partition coefficient (Wildman–Crippen LogP) is 4.43. The van der Waals surface area contributed by atoms with Crippen molar-refractivity contribution in [3.05, 3.63) is 59.7 Å². The molecule has 0 aliphatic carbocycles. The molecule has 0 amide bonds. The van der Waals surface area contributed by atoms with Crippen LogP contribution in [0, 0.1) is 11.6 Å². The summed E-state index contributed by atoms with van der Waals surface area (Å²) in [6.45, 7) is 4.81. The van der Waals surface area contributed by atoms with Crippen molar-refractivity contribution in [1.82, 2.24) is 5.32 Å². The van der Waals surface area contributed by atoms with Crippen LogP contribution in [0.5, 0.6) is 11.5 Å². The van der Waals surface area contributed by atoms with E-state index in [4.69, 9.17) is 4.74 Å². The Morgan fingerprint density at radius 1 is 1.10 bits per heavy atom. The Bertz CT molecular complexity index is 586. The molecule has 20 heavy (non-hydrogen) atoms. The molecule has 0 heterocycles. The third-order valence-electron chi connectivity index (χ3n) is 3.01. The Labute approximate surface area is 117 Å². The molecule has 1 atom stereocenters. The van der Waals surface area contributed by atoms with Crippen LogP contribution in [0.1, 0.15) is 25.5 Å². The highest BCUT2D eigenvalue weighted by Gasteiger charge is 2.13. The molecule has 0 saturated carbocycles. The fraction of sp³-hybridized carbons (Fsp3) is 0.250. The van der Waals surface area contributed by atoms with Gasteiger partial charge in [-0.3, -0.25) is 0 Å². The first kappa shape index (κ1) is 14.5. The Morgan fingerprint density at radius 2 is 1.85 bits per heavy atom. The zero-order valence-electron chi connectivity index (χ0n) is 11.5. The largest absolute Gasteiger partial charge is 0.454 e. The number of ether oxygens (including phenoxy) is 1. The van der Waals surface area contributed by atoms with Gasteiger partial charge in [0.2, 0.25) is 0 Å². The molecule has 2 rings (SSSR count). The van der Waals surface area contributed by atoms with Crippen LogP contribution in [-0.2, 0) is 0 Å². The molecular weight excluding hydrogens is 260 g/mol. The molecule has 0 aliphatic rings. The van der Waals surface area contributed by atoms with Gasteiger partial charge < -0.3 is 10.1 Å². The van der Waals surface area contributed by atoms with E-state index in [0.717, 1.165) is 30.3 Å². The molecule has 1 unspecified atom stereocenters. The second kappa shape index (κ2) is 6.48. The van der Waals surface area contributed by atoms with Crippen molar-refractivity contribution in [2.75, 3.05) is 6.54 Å². The second-order valence-electron chi connectivity index (χ2n) is 4.49. The number of halogens is 2. The Hall–Kier alpha value is -1.94. The van der Waals surface area contributed by atoms with Crippen LogP contribution in [-0.4, -0.2) is 6.54 Å². The summed E-state index contributed by atoms with van der Waals surface area (Å²) in [5.74, 6) is -0.706. The zero-order chi connectivity index (χ0) is 14.5. The lowest BCUT2D eigenvalue weighted by Gasteiger charge is -2.17. The number of benzene rings is 2. The van der Waals surface area contributed by atoms with Gasteiger partial charge >= 0.3 is 0 Å². The van der Waals surface area contributed by atoms with Gasteiger partial charge in [-0.25, -0.2) is 8.78 Å². The van der Waals surface area contributed by atoms with Gasteiger partial charge in [-0.15, -0.1) is 0 Å². The topological polar surface area (TPSA) is 21.3 Å². The monoisotopic (exact) mass is 277 g/mol. The fourth-order valence-corrected chi connectivity index (χ4v) is 2.02. The molecule has 0 spiro atoms. The third-order valence-corrected chi connectivity index (χ3v) is 3.01. The molecule has 4 heteroatoms. The van der Waals surface area contributed by atoms with Gasteiger partial charge in [0.1, 0.15) is 11.6 Å². The van der Waals surface area contributed by atoms with Crippen molar-refractivity contribution in [2.24, 2.45) is 0 Å². The van der Waals surface area contributed by atoms with Gasteiger partial charge in [0, 0.05) is 17.7 Å². The number of rotatable bonds is 5. The van der Waals surface area contributed by atoms with Crippen LogP contribution >= 0.6 is 0 Å². The first-order chi connectivity index (χ1) is 9.61. The first-order valence-electron chi connectivity index (χ1n) is 6.57. The average molecular weight is 277 g/mol. The molecule has 0 aromatic heterocycles. The third kappa shape index (κ3) is 3.33. The van der Waals surface area contributed by atoms with E-state index in [2.05, 4.69) is 5.32 Å².